The van der Waals surface area contributed by atoms with Crippen LogP contribution in [0.4, 0.5) is 5.82 Å². The number of aromatic nitrogens is 1. The van der Waals surface area contributed by atoms with E-state index in [-0.39, 0.29) is 5.91 Å². The Morgan fingerprint density at radius 1 is 1.44 bits per heavy atom. The molecule has 0 aliphatic rings. The first-order chi connectivity index (χ1) is 8.49. The maximum atomic E-state index is 11.1. The number of hydrogen-bond donors (Lipinski definition) is 1. The molecule has 0 aliphatic heterocycles. The Labute approximate surface area is 126 Å². The summed E-state index contributed by atoms with van der Waals surface area (Å²) in [6.45, 7) is 1.43. The number of benzene rings is 1. The predicted octanol–water partition coefficient (Wildman–Crippen LogP) is 4.84. The molecule has 0 atom stereocenters. The van der Waals surface area contributed by atoms with Crippen LogP contribution in [0.25, 0.3) is 10.4 Å². The molecule has 2 aromatic rings. The zero-order chi connectivity index (χ0) is 13.3. The first kappa shape index (κ1) is 13.8. The standard InChI is InChI=1S/C11H7BrCl2N2OS/c1-5(17)15-10-9(18-11(12)16-10)6-3-2-4-7(13)8(6)14/h2-4H,1H3,(H,15,17). The van der Waals surface area contributed by atoms with Gasteiger partial charge >= 0.3 is 0 Å². The highest BCUT2D eigenvalue weighted by atomic mass is 79.9. The zero-order valence-electron chi connectivity index (χ0n) is 9.13. The summed E-state index contributed by atoms with van der Waals surface area (Å²) in [6.07, 6.45) is 0. The van der Waals surface area contributed by atoms with Crippen molar-refractivity contribution >= 4 is 62.2 Å². The highest BCUT2D eigenvalue weighted by Crippen LogP contribution is 2.41. The van der Waals surface area contributed by atoms with Crippen molar-refractivity contribution in [3.05, 3.63) is 32.2 Å². The average molecular weight is 366 g/mol. The van der Waals surface area contributed by atoms with Gasteiger partial charge in [0.15, 0.2) is 9.73 Å². The minimum Gasteiger partial charge on any atom is -0.310 e. The molecule has 0 saturated carbocycles. The molecule has 0 saturated heterocycles. The van der Waals surface area contributed by atoms with E-state index in [9.17, 15) is 4.79 Å². The summed E-state index contributed by atoms with van der Waals surface area (Å²) in [5.74, 6) is 0.288. The van der Waals surface area contributed by atoms with Crippen molar-refractivity contribution in [1.82, 2.24) is 4.98 Å². The van der Waals surface area contributed by atoms with Crippen LogP contribution in [0.2, 0.25) is 10.0 Å². The molecule has 1 aromatic heterocycles. The molecule has 2 rings (SSSR count). The summed E-state index contributed by atoms with van der Waals surface area (Å²) in [5.41, 5.74) is 0.746. The Bertz CT molecular complexity index is 615. The quantitative estimate of drug-likeness (QED) is 0.827. The lowest BCUT2D eigenvalue weighted by Gasteiger charge is -2.05. The molecule has 1 heterocycles. The van der Waals surface area contributed by atoms with Gasteiger partial charge in [0, 0.05) is 12.5 Å². The number of nitrogens with zero attached hydrogens (tertiary/aromatic N) is 1. The molecule has 7 heteroatoms. The van der Waals surface area contributed by atoms with Gasteiger partial charge in [-0.15, -0.1) is 11.3 Å². The molecular weight excluding hydrogens is 359 g/mol. The predicted molar refractivity (Wildman–Crippen MR) is 79.6 cm³/mol. The fourth-order valence-electron chi connectivity index (χ4n) is 1.41. The third-order valence-corrected chi connectivity index (χ3v) is 4.45. The number of rotatable bonds is 2. The van der Waals surface area contributed by atoms with E-state index in [1.807, 2.05) is 6.07 Å². The molecule has 0 aliphatic carbocycles. The van der Waals surface area contributed by atoms with Crippen molar-refractivity contribution in [3.63, 3.8) is 0 Å². The number of halogens is 3. The molecule has 0 spiro atoms. The number of thiazole rings is 1. The van der Waals surface area contributed by atoms with Crippen LogP contribution in [0, 0.1) is 0 Å². The van der Waals surface area contributed by atoms with Crippen LogP contribution in [-0.4, -0.2) is 10.9 Å². The second kappa shape index (κ2) is 5.57. The highest BCUT2D eigenvalue weighted by molar-refractivity contribution is 9.11. The van der Waals surface area contributed by atoms with Crippen molar-refractivity contribution in [1.29, 1.82) is 0 Å². The Morgan fingerprint density at radius 2 is 2.17 bits per heavy atom. The van der Waals surface area contributed by atoms with Crippen molar-refractivity contribution in [2.75, 3.05) is 5.32 Å². The number of carbonyl (C=O) groups is 1. The highest BCUT2D eigenvalue weighted by Gasteiger charge is 2.16. The second-order valence-electron chi connectivity index (χ2n) is 3.43. The average Bonchev–Trinajstić information content (AvgIpc) is 2.62. The maximum absolute atomic E-state index is 11.1. The summed E-state index contributed by atoms with van der Waals surface area (Å²) in [4.78, 5) is 16.1. The van der Waals surface area contributed by atoms with E-state index in [2.05, 4.69) is 26.2 Å². The van der Waals surface area contributed by atoms with Crippen LogP contribution < -0.4 is 5.32 Å². The summed E-state index contributed by atoms with van der Waals surface area (Å²) >= 11 is 16.8. The van der Waals surface area contributed by atoms with Crippen molar-refractivity contribution in [2.24, 2.45) is 0 Å². The minimum atomic E-state index is -0.188. The van der Waals surface area contributed by atoms with Crippen molar-refractivity contribution < 1.29 is 4.79 Å². The zero-order valence-corrected chi connectivity index (χ0v) is 13.0. The van der Waals surface area contributed by atoms with Gasteiger partial charge in [0.05, 0.1) is 14.9 Å². The van der Waals surface area contributed by atoms with Gasteiger partial charge in [-0.1, -0.05) is 35.3 Å². The third kappa shape index (κ3) is 2.85. The second-order valence-corrected chi connectivity index (χ2v) is 6.49. The third-order valence-electron chi connectivity index (χ3n) is 2.09. The minimum absolute atomic E-state index is 0.188. The SMILES string of the molecule is CC(=O)Nc1nc(Br)sc1-c1cccc(Cl)c1Cl. The topological polar surface area (TPSA) is 42.0 Å². The van der Waals surface area contributed by atoms with E-state index >= 15 is 0 Å². The Hall–Kier alpha value is -0.620. The fraction of sp³-hybridized carbons (Fsp3) is 0.0909. The number of nitrogens with one attached hydrogen (secondary N) is 1. The van der Waals surface area contributed by atoms with Crippen LogP contribution in [0.3, 0.4) is 0 Å². The van der Waals surface area contributed by atoms with Gasteiger partial charge in [-0.05, 0) is 22.0 Å². The molecule has 1 amide bonds. The smallest absolute Gasteiger partial charge is 0.222 e. The Morgan fingerprint density at radius 3 is 2.83 bits per heavy atom. The molecule has 1 aromatic carbocycles. The molecule has 0 radical (unpaired) electrons. The van der Waals surface area contributed by atoms with Gasteiger partial charge in [0.1, 0.15) is 0 Å². The Kier molecular flexibility index (Phi) is 4.27. The van der Waals surface area contributed by atoms with Crippen LogP contribution >= 0.6 is 50.5 Å². The lowest BCUT2D eigenvalue weighted by atomic mass is 10.2. The van der Waals surface area contributed by atoms with Crippen LogP contribution in [-0.2, 0) is 4.79 Å². The van der Waals surface area contributed by atoms with Gasteiger partial charge in [-0.3, -0.25) is 4.79 Å². The fourth-order valence-corrected chi connectivity index (χ4v) is 3.30. The molecule has 3 nitrogen and oxygen atoms in total. The Balaban J connectivity index is 2.56. The maximum Gasteiger partial charge on any atom is 0.222 e. The van der Waals surface area contributed by atoms with Gasteiger partial charge in [-0.25, -0.2) is 4.98 Å². The molecule has 1 N–H and O–H groups in total. The van der Waals surface area contributed by atoms with Crippen molar-refractivity contribution in [2.45, 2.75) is 6.92 Å². The normalized spacial score (nSPS) is 10.4. The van der Waals surface area contributed by atoms with Crippen LogP contribution in [0.15, 0.2) is 22.1 Å². The summed E-state index contributed by atoms with van der Waals surface area (Å²) in [7, 11) is 0. The lowest BCUT2D eigenvalue weighted by Crippen LogP contribution is -2.06. The largest absolute Gasteiger partial charge is 0.310 e. The monoisotopic (exact) mass is 364 g/mol. The number of carbonyl (C=O) groups excluding carboxylic acids is 1. The van der Waals surface area contributed by atoms with Gasteiger partial charge in [0.2, 0.25) is 5.91 Å². The lowest BCUT2D eigenvalue weighted by molar-refractivity contribution is -0.114. The number of amides is 1. The molecule has 0 unspecified atom stereocenters. The van der Waals surface area contributed by atoms with Gasteiger partial charge in [0.25, 0.3) is 0 Å². The number of anilines is 1. The van der Waals surface area contributed by atoms with Gasteiger partial charge in [-0.2, -0.15) is 0 Å². The first-order valence-electron chi connectivity index (χ1n) is 4.87. The molecule has 18 heavy (non-hydrogen) atoms. The first-order valence-corrected chi connectivity index (χ1v) is 7.24. The molecular formula is C11H7BrCl2N2OS. The molecule has 0 fully saturated rings. The van der Waals surface area contributed by atoms with Gasteiger partial charge < -0.3 is 5.32 Å². The van der Waals surface area contributed by atoms with E-state index in [4.69, 9.17) is 23.2 Å². The van der Waals surface area contributed by atoms with E-state index in [0.29, 0.717) is 19.8 Å². The van der Waals surface area contributed by atoms with Crippen molar-refractivity contribution in [3.8, 4) is 10.4 Å². The van der Waals surface area contributed by atoms with Crippen LogP contribution in [0.1, 0.15) is 6.92 Å². The summed E-state index contributed by atoms with van der Waals surface area (Å²) in [6, 6.07) is 5.34. The van der Waals surface area contributed by atoms with E-state index in [0.717, 1.165) is 10.4 Å². The van der Waals surface area contributed by atoms with Crippen LogP contribution in [0.5, 0.6) is 0 Å². The van der Waals surface area contributed by atoms with E-state index in [1.165, 1.54) is 18.3 Å². The molecule has 94 valence electrons. The summed E-state index contributed by atoms with van der Waals surface area (Å²) < 4.78 is 0.664. The summed E-state index contributed by atoms with van der Waals surface area (Å²) in [5, 5.41) is 3.58. The van der Waals surface area contributed by atoms with E-state index in [1.54, 1.807) is 12.1 Å². The molecule has 0 bridgehead atoms. The number of hydrogen-bond acceptors (Lipinski definition) is 3. The van der Waals surface area contributed by atoms with E-state index < -0.39 is 0 Å².